The van der Waals surface area contributed by atoms with Crippen molar-refractivity contribution in [3.63, 3.8) is 0 Å². The zero-order valence-electron chi connectivity index (χ0n) is 13.6. The fourth-order valence-electron chi connectivity index (χ4n) is 2.74. The molecule has 0 saturated carbocycles. The lowest BCUT2D eigenvalue weighted by atomic mass is 10.2. The molecule has 5 nitrogen and oxygen atoms in total. The summed E-state index contributed by atoms with van der Waals surface area (Å²) in [6, 6.07) is 11.3. The van der Waals surface area contributed by atoms with Gasteiger partial charge in [-0.05, 0) is 37.3 Å². The van der Waals surface area contributed by atoms with Gasteiger partial charge in [-0.2, -0.15) is 0 Å². The van der Waals surface area contributed by atoms with Crippen molar-refractivity contribution in [2.45, 2.75) is 6.92 Å². The topological polar surface area (TPSA) is 45.7 Å². The zero-order chi connectivity index (χ0) is 16.9. The Labute approximate surface area is 146 Å². The zero-order valence-corrected chi connectivity index (χ0v) is 14.4. The van der Waals surface area contributed by atoms with Crippen LogP contribution in [0.3, 0.4) is 0 Å². The second-order valence-electron chi connectivity index (χ2n) is 5.57. The quantitative estimate of drug-likeness (QED) is 0.854. The molecular weight excluding hydrogens is 326 g/mol. The summed E-state index contributed by atoms with van der Waals surface area (Å²) in [5.74, 6) is 0.558. The number of ether oxygens (including phenoxy) is 1. The van der Waals surface area contributed by atoms with Crippen molar-refractivity contribution in [3.05, 3.63) is 53.2 Å². The number of anilines is 1. The predicted molar refractivity (Wildman–Crippen MR) is 95.0 cm³/mol. The largest absolute Gasteiger partial charge is 0.478 e. The molecule has 0 atom stereocenters. The number of carbonyl (C=O) groups excluding carboxylic acids is 1. The van der Waals surface area contributed by atoms with Crippen molar-refractivity contribution in [1.29, 1.82) is 0 Å². The summed E-state index contributed by atoms with van der Waals surface area (Å²) < 4.78 is 5.31. The maximum absolute atomic E-state index is 12.6. The third kappa shape index (κ3) is 3.79. The second-order valence-corrected chi connectivity index (χ2v) is 6.01. The highest BCUT2D eigenvalue weighted by Gasteiger charge is 2.22. The molecule has 0 spiro atoms. The summed E-state index contributed by atoms with van der Waals surface area (Å²) in [5.41, 5.74) is 1.73. The minimum atomic E-state index is 0.0151. The van der Waals surface area contributed by atoms with Crippen molar-refractivity contribution in [2.24, 2.45) is 0 Å². The standard InChI is InChI=1S/C18H20ClN3O2/c1-2-24-17-8-3-14(13-20-17)18(23)22-11-9-21(10-12-22)16-6-4-15(19)5-7-16/h3-8,13H,2,9-12H2,1H3. The van der Waals surface area contributed by atoms with Gasteiger partial charge in [0.2, 0.25) is 5.88 Å². The van der Waals surface area contributed by atoms with Crippen molar-refractivity contribution >= 4 is 23.2 Å². The third-order valence-corrected chi connectivity index (χ3v) is 4.29. The van der Waals surface area contributed by atoms with Crippen LogP contribution in [0.5, 0.6) is 5.88 Å². The van der Waals surface area contributed by atoms with Gasteiger partial charge in [0.15, 0.2) is 0 Å². The lowest BCUT2D eigenvalue weighted by Gasteiger charge is -2.36. The average Bonchev–Trinajstić information content (AvgIpc) is 2.63. The first-order valence-corrected chi connectivity index (χ1v) is 8.44. The molecule has 2 heterocycles. The molecule has 1 aromatic carbocycles. The molecule has 24 heavy (non-hydrogen) atoms. The van der Waals surface area contributed by atoms with Gasteiger partial charge >= 0.3 is 0 Å². The number of rotatable bonds is 4. The fraction of sp³-hybridized carbons (Fsp3) is 0.333. The van der Waals surface area contributed by atoms with E-state index in [1.54, 1.807) is 18.3 Å². The minimum absolute atomic E-state index is 0.0151. The van der Waals surface area contributed by atoms with E-state index in [-0.39, 0.29) is 5.91 Å². The Morgan fingerprint density at radius 1 is 1.12 bits per heavy atom. The number of amides is 1. The van der Waals surface area contributed by atoms with E-state index in [0.717, 1.165) is 23.8 Å². The van der Waals surface area contributed by atoms with E-state index in [1.165, 1.54) is 0 Å². The first kappa shape index (κ1) is 16.6. The van der Waals surface area contributed by atoms with E-state index < -0.39 is 0 Å². The number of hydrogen-bond acceptors (Lipinski definition) is 4. The molecule has 1 fully saturated rings. The Morgan fingerprint density at radius 3 is 2.42 bits per heavy atom. The van der Waals surface area contributed by atoms with Crippen LogP contribution in [-0.2, 0) is 0 Å². The van der Waals surface area contributed by atoms with Crippen LogP contribution in [0.2, 0.25) is 5.02 Å². The van der Waals surface area contributed by atoms with Crippen LogP contribution in [0.25, 0.3) is 0 Å². The predicted octanol–water partition coefficient (Wildman–Crippen LogP) is 3.10. The van der Waals surface area contributed by atoms with E-state index in [2.05, 4.69) is 9.88 Å². The molecule has 1 aliphatic rings. The van der Waals surface area contributed by atoms with Gasteiger partial charge in [0, 0.05) is 49.2 Å². The minimum Gasteiger partial charge on any atom is -0.478 e. The average molecular weight is 346 g/mol. The van der Waals surface area contributed by atoms with Crippen molar-refractivity contribution in [3.8, 4) is 5.88 Å². The number of pyridine rings is 1. The number of hydrogen-bond donors (Lipinski definition) is 0. The molecule has 1 amide bonds. The lowest BCUT2D eigenvalue weighted by molar-refractivity contribution is 0.0746. The van der Waals surface area contributed by atoms with Crippen molar-refractivity contribution in [2.75, 3.05) is 37.7 Å². The van der Waals surface area contributed by atoms with Crippen LogP contribution < -0.4 is 9.64 Å². The third-order valence-electron chi connectivity index (χ3n) is 4.03. The Hall–Kier alpha value is -2.27. The van der Waals surface area contributed by atoms with Gasteiger partial charge < -0.3 is 14.5 Å². The van der Waals surface area contributed by atoms with E-state index in [0.29, 0.717) is 31.1 Å². The molecule has 1 aliphatic heterocycles. The highest BCUT2D eigenvalue weighted by Crippen LogP contribution is 2.20. The first-order valence-electron chi connectivity index (χ1n) is 8.06. The van der Waals surface area contributed by atoms with Gasteiger partial charge in [0.1, 0.15) is 0 Å². The van der Waals surface area contributed by atoms with Crippen LogP contribution in [0.15, 0.2) is 42.6 Å². The first-order chi connectivity index (χ1) is 11.7. The SMILES string of the molecule is CCOc1ccc(C(=O)N2CCN(c3ccc(Cl)cc3)CC2)cn1. The van der Waals surface area contributed by atoms with Gasteiger partial charge in [0.05, 0.1) is 12.2 Å². The van der Waals surface area contributed by atoms with Gasteiger partial charge in [-0.1, -0.05) is 11.6 Å². The molecule has 6 heteroatoms. The summed E-state index contributed by atoms with van der Waals surface area (Å²) in [5, 5.41) is 0.732. The highest BCUT2D eigenvalue weighted by molar-refractivity contribution is 6.30. The van der Waals surface area contributed by atoms with E-state index >= 15 is 0 Å². The monoisotopic (exact) mass is 345 g/mol. The molecule has 0 bridgehead atoms. The normalized spacial score (nSPS) is 14.6. The van der Waals surface area contributed by atoms with E-state index in [4.69, 9.17) is 16.3 Å². The molecule has 126 valence electrons. The fourth-order valence-corrected chi connectivity index (χ4v) is 2.87. The highest BCUT2D eigenvalue weighted by atomic mass is 35.5. The molecule has 1 aromatic heterocycles. The van der Waals surface area contributed by atoms with Gasteiger partial charge in [-0.3, -0.25) is 4.79 Å². The summed E-state index contributed by atoms with van der Waals surface area (Å²) in [6.07, 6.45) is 1.58. The Balaban J connectivity index is 1.59. The molecular formula is C18H20ClN3O2. The van der Waals surface area contributed by atoms with E-state index in [1.807, 2.05) is 36.1 Å². The smallest absolute Gasteiger partial charge is 0.255 e. The Kier molecular flexibility index (Phi) is 5.20. The van der Waals surface area contributed by atoms with Crippen LogP contribution in [0, 0.1) is 0 Å². The molecule has 3 rings (SSSR count). The maximum Gasteiger partial charge on any atom is 0.255 e. The lowest BCUT2D eigenvalue weighted by Crippen LogP contribution is -2.48. The van der Waals surface area contributed by atoms with Crippen LogP contribution in [-0.4, -0.2) is 48.6 Å². The number of benzene rings is 1. The summed E-state index contributed by atoms with van der Waals surface area (Å²) in [4.78, 5) is 20.9. The molecule has 0 N–H and O–H groups in total. The van der Waals surface area contributed by atoms with Crippen LogP contribution >= 0.6 is 11.6 Å². The summed E-state index contributed by atoms with van der Waals surface area (Å²) >= 11 is 5.93. The number of nitrogens with zero attached hydrogens (tertiary/aromatic N) is 3. The van der Waals surface area contributed by atoms with Gasteiger partial charge in [-0.15, -0.1) is 0 Å². The summed E-state index contributed by atoms with van der Waals surface area (Å²) in [6.45, 7) is 5.45. The second kappa shape index (κ2) is 7.53. The number of piperazine rings is 1. The van der Waals surface area contributed by atoms with Crippen LogP contribution in [0.4, 0.5) is 5.69 Å². The summed E-state index contributed by atoms with van der Waals surface area (Å²) in [7, 11) is 0. The van der Waals surface area contributed by atoms with Crippen molar-refractivity contribution < 1.29 is 9.53 Å². The van der Waals surface area contributed by atoms with Crippen molar-refractivity contribution in [1.82, 2.24) is 9.88 Å². The molecule has 0 radical (unpaired) electrons. The molecule has 1 saturated heterocycles. The Bertz CT molecular complexity index is 680. The van der Waals surface area contributed by atoms with Crippen LogP contribution in [0.1, 0.15) is 17.3 Å². The maximum atomic E-state index is 12.6. The number of carbonyl (C=O) groups is 1. The Morgan fingerprint density at radius 2 is 1.83 bits per heavy atom. The molecule has 0 unspecified atom stereocenters. The molecule has 0 aliphatic carbocycles. The van der Waals surface area contributed by atoms with Gasteiger partial charge in [-0.25, -0.2) is 4.98 Å². The van der Waals surface area contributed by atoms with E-state index in [9.17, 15) is 4.79 Å². The number of halogens is 1. The molecule has 2 aromatic rings. The number of aromatic nitrogens is 1. The van der Waals surface area contributed by atoms with Gasteiger partial charge in [0.25, 0.3) is 5.91 Å².